The number of nitrogens with one attached hydrogen (secondary N) is 1. The minimum Gasteiger partial charge on any atom is -0.481 e. The normalized spacial score (nSPS) is 16.7. The largest absolute Gasteiger partial charge is 0.481 e. The first kappa shape index (κ1) is 12.3. The van der Waals surface area contributed by atoms with Crippen LogP contribution in [-0.4, -0.2) is 16.1 Å². The zero-order valence-electron chi connectivity index (χ0n) is 11.4. The summed E-state index contributed by atoms with van der Waals surface area (Å²) in [7, 11) is 0. The van der Waals surface area contributed by atoms with E-state index in [1.54, 1.807) is 0 Å². The third-order valence-corrected chi connectivity index (χ3v) is 4.36. The fraction of sp³-hybridized carbons (Fsp3) is 0.438. The maximum Gasteiger partial charge on any atom is 0.303 e. The number of benzene rings is 1. The van der Waals surface area contributed by atoms with Crippen molar-refractivity contribution in [2.45, 2.75) is 39.0 Å². The molecule has 0 bridgehead atoms. The van der Waals surface area contributed by atoms with Gasteiger partial charge in [-0.2, -0.15) is 0 Å². The molecule has 3 heteroatoms. The van der Waals surface area contributed by atoms with Crippen molar-refractivity contribution in [2.75, 3.05) is 0 Å². The van der Waals surface area contributed by atoms with Crippen molar-refractivity contribution in [1.29, 1.82) is 0 Å². The Kier molecular flexibility index (Phi) is 2.85. The Morgan fingerprint density at radius 3 is 2.79 bits per heavy atom. The van der Waals surface area contributed by atoms with Crippen molar-refractivity contribution in [3.8, 4) is 0 Å². The van der Waals surface area contributed by atoms with Crippen LogP contribution in [0.25, 0.3) is 10.9 Å². The summed E-state index contributed by atoms with van der Waals surface area (Å²) in [6, 6.07) is 6.25. The number of hydrogen-bond donors (Lipinski definition) is 2. The smallest absolute Gasteiger partial charge is 0.303 e. The molecule has 1 aliphatic carbocycles. The van der Waals surface area contributed by atoms with Gasteiger partial charge in [-0.05, 0) is 49.7 Å². The van der Waals surface area contributed by atoms with Gasteiger partial charge >= 0.3 is 5.97 Å². The van der Waals surface area contributed by atoms with E-state index in [2.05, 4.69) is 37.0 Å². The second kappa shape index (κ2) is 4.41. The Balaban J connectivity index is 2.12. The molecule has 1 unspecified atom stereocenters. The van der Waals surface area contributed by atoms with E-state index in [1.165, 1.54) is 22.2 Å². The minimum absolute atomic E-state index is 0.152. The van der Waals surface area contributed by atoms with Crippen LogP contribution in [0, 0.1) is 19.8 Å². The van der Waals surface area contributed by atoms with Crippen molar-refractivity contribution in [3.05, 3.63) is 35.0 Å². The van der Waals surface area contributed by atoms with Gasteiger partial charge in [-0.3, -0.25) is 4.79 Å². The second-order valence-electron chi connectivity index (χ2n) is 5.69. The summed E-state index contributed by atoms with van der Waals surface area (Å²) in [5.74, 6) is -0.00170. The zero-order chi connectivity index (χ0) is 13.6. The monoisotopic (exact) mass is 257 g/mol. The maximum atomic E-state index is 11.1. The Morgan fingerprint density at radius 1 is 1.42 bits per heavy atom. The minimum atomic E-state index is -0.700. The number of fused-ring (bicyclic) bond motifs is 1. The molecule has 1 aliphatic rings. The summed E-state index contributed by atoms with van der Waals surface area (Å²) in [4.78, 5) is 14.6. The molecule has 2 N–H and O–H groups in total. The van der Waals surface area contributed by atoms with Crippen molar-refractivity contribution in [1.82, 2.24) is 4.98 Å². The zero-order valence-corrected chi connectivity index (χ0v) is 11.4. The Hall–Kier alpha value is -1.77. The average molecular weight is 257 g/mol. The molecule has 0 radical (unpaired) electrons. The molecule has 1 atom stereocenters. The highest BCUT2D eigenvalue weighted by molar-refractivity contribution is 5.88. The predicted octanol–water partition coefficient (Wildman–Crippen LogP) is 3.75. The van der Waals surface area contributed by atoms with Gasteiger partial charge in [0, 0.05) is 16.6 Å². The number of carbonyl (C=O) groups is 1. The Labute approximate surface area is 112 Å². The summed E-state index contributed by atoms with van der Waals surface area (Å²) in [6.45, 7) is 4.18. The van der Waals surface area contributed by atoms with Crippen molar-refractivity contribution in [3.63, 3.8) is 0 Å². The summed E-state index contributed by atoms with van der Waals surface area (Å²) in [6.07, 6.45) is 2.56. The fourth-order valence-corrected chi connectivity index (χ4v) is 3.03. The molecular weight excluding hydrogens is 238 g/mol. The maximum absolute atomic E-state index is 11.1. The second-order valence-corrected chi connectivity index (χ2v) is 5.69. The number of aliphatic carboxylic acids is 1. The molecule has 2 aromatic rings. The molecule has 100 valence electrons. The van der Waals surface area contributed by atoms with Gasteiger partial charge in [0.15, 0.2) is 0 Å². The number of hydrogen-bond acceptors (Lipinski definition) is 1. The van der Waals surface area contributed by atoms with Gasteiger partial charge in [0.2, 0.25) is 0 Å². The van der Waals surface area contributed by atoms with E-state index in [0.717, 1.165) is 18.4 Å². The molecule has 3 nitrogen and oxygen atoms in total. The van der Waals surface area contributed by atoms with E-state index in [9.17, 15) is 4.79 Å². The van der Waals surface area contributed by atoms with Gasteiger partial charge in [0.25, 0.3) is 0 Å². The number of aromatic amines is 1. The Morgan fingerprint density at radius 2 is 2.16 bits per heavy atom. The number of carboxylic acid groups (broad SMARTS) is 1. The number of rotatable bonds is 4. The molecule has 1 saturated carbocycles. The van der Waals surface area contributed by atoms with Crippen LogP contribution < -0.4 is 0 Å². The number of aromatic nitrogens is 1. The van der Waals surface area contributed by atoms with E-state index < -0.39 is 5.97 Å². The lowest BCUT2D eigenvalue weighted by Crippen LogP contribution is -2.08. The van der Waals surface area contributed by atoms with Crippen LogP contribution in [0.1, 0.15) is 42.0 Å². The molecule has 1 heterocycles. The summed E-state index contributed by atoms with van der Waals surface area (Å²) >= 11 is 0. The molecule has 0 saturated heterocycles. The molecule has 0 aliphatic heterocycles. The average Bonchev–Trinajstić information content (AvgIpc) is 3.15. The summed E-state index contributed by atoms with van der Waals surface area (Å²) in [5.41, 5.74) is 4.75. The number of aryl methyl sites for hydroxylation is 2. The quantitative estimate of drug-likeness (QED) is 0.876. The summed E-state index contributed by atoms with van der Waals surface area (Å²) < 4.78 is 0. The molecule has 3 rings (SSSR count). The first-order valence-electron chi connectivity index (χ1n) is 6.87. The number of carboxylic acids is 1. The van der Waals surface area contributed by atoms with Crippen LogP contribution in [0.5, 0.6) is 0 Å². The molecule has 1 aromatic heterocycles. The lowest BCUT2D eigenvalue weighted by molar-refractivity contribution is -0.137. The first-order chi connectivity index (χ1) is 9.08. The fourth-order valence-electron chi connectivity index (χ4n) is 3.03. The molecular formula is C16H19NO2. The van der Waals surface area contributed by atoms with E-state index in [0.29, 0.717) is 5.92 Å². The summed E-state index contributed by atoms with van der Waals surface area (Å²) in [5, 5.41) is 10.4. The molecule has 0 amide bonds. The third-order valence-electron chi connectivity index (χ3n) is 4.36. The van der Waals surface area contributed by atoms with Gasteiger partial charge in [0.1, 0.15) is 0 Å². The molecule has 1 fully saturated rings. The predicted molar refractivity (Wildman–Crippen MR) is 75.5 cm³/mol. The molecule has 19 heavy (non-hydrogen) atoms. The highest BCUT2D eigenvalue weighted by atomic mass is 16.4. The Bertz CT molecular complexity index is 637. The standard InChI is InChI=1S/C16H19NO2/c1-9-10(2)17-16-12(9)4-3-5-13(16)14(8-15(18)19)11-6-7-11/h3-5,11,14,17H,6-8H2,1-2H3,(H,18,19). The van der Waals surface area contributed by atoms with Gasteiger partial charge < -0.3 is 10.1 Å². The van der Waals surface area contributed by atoms with E-state index in [-0.39, 0.29) is 12.3 Å². The van der Waals surface area contributed by atoms with E-state index in [1.807, 2.05) is 0 Å². The lowest BCUT2D eigenvalue weighted by atomic mass is 9.89. The van der Waals surface area contributed by atoms with Crippen LogP contribution in [0.3, 0.4) is 0 Å². The van der Waals surface area contributed by atoms with Crippen LogP contribution in [0.15, 0.2) is 18.2 Å². The van der Waals surface area contributed by atoms with Gasteiger partial charge in [0.05, 0.1) is 6.42 Å². The van der Waals surface area contributed by atoms with E-state index >= 15 is 0 Å². The SMILES string of the molecule is Cc1[nH]c2c(C(CC(=O)O)C3CC3)cccc2c1C. The highest BCUT2D eigenvalue weighted by Crippen LogP contribution is 2.46. The number of H-pyrrole nitrogens is 1. The van der Waals surface area contributed by atoms with Crippen LogP contribution in [-0.2, 0) is 4.79 Å². The van der Waals surface area contributed by atoms with E-state index in [4.69, 9.17) is 5.11 Å². The van der Waals surface area contributed by atoms with Gasteiger partial charge in [-0.1, -0.05) is 18.2 Å². The van der Waals surface area contributed by atoms with Crippen LogP contribution in [0.4, 0.5) is 0 Å². The topological polar surface area (TPSA) is 53.1 Å². The van der Waals surface area contributed by atoms with Crippen LogP contribution >= 0.6 is 0 Å². The number of para-hydroxylation sites is 1. The highest BCUT2D eigenvalue weighted by Gasteiger charge is 2.34. The van der Waals surface area contributed by atoms with Crippen molar-refractivity contribution >= 4 is 16.9 Å². The first-order valence-corrected chi connectivity index (χ1v) is 6.87. The van der Waals surface area contributed by atoms with Gasteiger partial charge in [-0.25, -0.2) is 0 Å². The third kappa shape index (κ3) is 2.14. The van der Waals surface area contributed by atoms with Crippen LogP contribution in [0.2, 0.25) is 0 Å². The van der Waals surface area contributed by atoms with Crippen molar-refractivity contribution in [2.24, 2.45) is 5.92 Å². The molecule has 0 spiro atoms. The van der Waals surface area contributed by atoms with Crippen molar-refractivity contribution < 1.29 is 9.90 Å². The molecule has 1 aromatic carbocycles. The lowest BCUT2D eigenvalue weighted by Gasteiger charge is -2.15. The van der Waals surface area contributed by atoms with Gasteiger partial charge in [-0.15, -0.1) is 0 Å².